The Kier molecular flexibility index (Phi) is 4.57. The maximum Gasteiger partial charge on any atom is 0.254 e. The van der Waals surface area contributed by atoms with Crippen LogP contribution in [0.15, 0.2) is 24.4 Å². The van der Waals surface area contributed by atoms with E-state index in [9.17, 15) is 9.18 Å². The quantitative estimate of drug-likeness (QED) is 0.890. The van der Waals surface area contributed by atoms with Gasteiger partial charge in [0.25, 0.3) is 5.91 Å². The molecule has 0 saturated carbocycles. The number of hydrogen-bond acceptors (Lipinski definition) is 3. The highest BCUT2D eigenvalue weighted by molar-refractivity contribution is 5.94. The lowest BCUT2D eigenvalue weighted by atomic mass is 10.1. The number of aromatic amines is 1. The molecular weight excluding hydrogens is 273 g/mol. The normalized spacial score (nSPS) is 12.0. The Morgan fingerprint density at radius 1 is 1.52 bits per heavy atom. The van der Waals surface area contributed by atoms with Crippen molar-refractivity contribution >= 4 is 5.91 Å². The molecule has 1 atom stereocenters. The number of imidazole rings is 1. The van der Waals surface area contributed by atoms with Gasteiger partial charge in [-0.1, -0.05) is 6.92 Å². The molecule has 0 aliphatic carbocycles. The van der Waals surface area contributed by atoms with Gasteiger partial charge in [-0.15, -0.1) is 0 Å². The van der Waals surface area contributed by atoms with Crippen LogP contribution in [0.2, 0.25) is 0 Å². The lowest BCUT2D eigenvalue weighted by molar-refractivity contribution is 0.0929. The van der Waals surface area contributed by atoms with Gasteiger partial charge in [0.05, 0.1) is 18.7 Å². The lowest BCUT2D eigenvalue weighted by Crippen LogP contribution is -2.29. The summed E-state index contributed by atoms with van der Waals surface area (Å²) in [5.74, 6) is -0.0524. The van der Waals surface area contributed by atoms with Gasteiger partial charge in [0.15, 0.2) is 0 Å². The van der Waals surface area contributed by atoms with Crippen molar-refractivity contribution in [2.45, 2.75) is 26.3 Å². The Hall–Kier alpha value is -2.37. The summed E-state index contributed by atoms with van der Waals surface area (Å²) >= 11 is 0. The molecule has 1 aromatic carbocycles. The predicted octanol–water partition coefficient (Wildman–Crippen LogP) is 2.75. The smallest absolute Gasteiger partial charge is 0.254 e. The van der Waals surface area contributed by atoms with Crippen LogP contribution in [-0.4, -0.2) is 23.0 Å². The second-order valence-electron chi connectivity index (χ2n) is 4.73. The van der Waals surface area contributed by atoms with Crippen LogP contribution >= 0.6 is 0 Å². The molecule has 0 aliphatic rings. The average Bonchev–Trinajstić information content (AvgIpc) is 2.90. The van der Waals surface area contributed by atoms with E-state index in [1.54, 1.807) is 12.3 Å². The van der Waals surface area contributed by atoms with E-state index in [1.807, 2.05) is 13.8 Å². The fraction of sp³-hybridized carbons (Fsp3) is 0.333. The first kappa shape index (κ1) is 15.0. The van der Waals surface area contributed by atoms with Gasteiger partial charge in [-0.2, -0.15) is 0 Å². The van der Waals surface area contributed by atoms with E-state index >= 15 is 0 Å². The molecule has 0 fully saturated rings. The zero-order chi connectivity index (χ0) is 15.4. The number of methoxy groups -OCH3 is 1. The van der Waals surface area contributed by atoms with Gasteiger partial charge in [-0.25, -0.2) is 9.37 Å². The summed E-state index contributed by atoms with van der Waals surface area (Å²) in [6.45, 7) is 3.81. The standard InChI is InChI=1S/C15H18FN3O2/c1-4-13(14-17-8-9(2)18-14)19-15(20)11-6-5-10(21-3)7-12(11)16/h5-8,13H,4H2,1-3H3,(H,17,18)(H,19,20)/t13-/m1/s1. The van der Waals surface area contributed by atoms with Gasteiger partial charge < -0.3 is 15.0 Å². The number of nitrogens with one attached hydrogen (secondary N) is 2. The SMILES string of the molecule is CC[C@@H](NC(=O)c1ccc(OC)cc1F)c1ncc(C)[nH]1. The van der Waals surface area contributed by atoms with Gasteiger partial charge in [-0.05, 0) is 25.5 Å². The van der Waals surface area contributed by atoms with Crippen LogP contribution < -0.4 is 10.1 Å². The van der Waals surface area contributed by atoms with E-state index in [4.69, 9.17) is 4.74 Å². The summed E-state index contributed by atoms with van der Waals surface area (Å²) in [6.07, 6.45) is 2.34. The van der Waals surface area contributed by atoms with Crippen molar-refractivity contribution in [1.29, 1.82) is 0 Å². The molecule has 2 rings (SSSR count). The van der Waals surface area contributed by atoms with Crippen LogP contribution in [0.25, 0.3) is 0 Å². The van der Waals surface area contributed by atoms with Crippen LogP contribution in [0.4, 0.5) is 4.39 Å². The number of aryl methyl sites for hydroxylation is 1. The monoisotopic (exact) mass is 291 g/mol. The molecule has 112 valence electrons. The van der Waals surface area contributed by atoms with Crippen molar-refractivity contribution in [1.82, 2.24) is 15.3 Å². The van der Waals surface area contributed by atoms with E-state index in [1.165, 1.54) is 19.2 Å². The second-order valence-corrected chi connectivity index (χ2v) is 4.73. The first-order valence-electron chi connectivity index (χ1n) is 6.71. The number of carbonyl (C=O) groups is 1. The number of hydrogen-bond donors (Lipinski definition) is 2. The Balaban J connectivity index is 2.16. The fourth-order valence-electron chi connectivity index (χ4n) is 2.02. The molecule has 5 nitrogen and oxygen atoms in total. The lowest BCUT2D eigenvalue weighted by Gasteiger charge is -2.15. The molecule has 6 heteroatoms. The molecule has 0 saturated heterocycles. The van der Waals surface area contributed by atoms with Crippen LogP contribution in [-0.2, 0) is 0 Å². The predicted molar refractivity (Wildman–Crippen MR) is 76.8 cm³/mol. The minimum atomic E-state index is -0.614. The second kappa shape index (κ2) is 6.39. The van der Waals surface area contributed by atoms with E-state index in [0.717, 1.165) is 5.69 Å². The Labute approximate surface area is 122 Å². The number of halogens is 1. The largest absolute Gasteiger partial charge is 0.497 e. The van der Waals surface area contributed by atoms with E-state index in [-0.39, 0.29) is 11.6 Å². The average molecular weight is 291 g/mol. The van der Waals surface area contributed by atoms with E-state index in [0.29, 0.717) is 18.0 Å². The maximum atomic E-state index is 13.9. The molecule has 0 radical (unpaired) electrons. The van der Waals surface area contributed by atoms with Crippen molar-refractivity contribution in [2.24, 2.45) is 0 Å². The first-order valence-corrected chi connectivity index (χ1v) is 6.71. The molecule has 0 aliphatic heterocycles. The third kappa shape index (κ3) is 3.39. The Morgan fingerprint density at radius 2 is 2.29 bits per heavy atom. The molecule has 2 N–H and O–H groups in total. The van der Waals surface area contributed by atoms with Gasteiger partial charge in [0.1, 0.15) is 17.4 Å². The summed E-state index contributed by atoms with van der Waals surface area (Å²) in [6, 6.07) is 3.86. The minimum Gasteiger partial charge on any atom is -0.497 e. The van der Waals surface area contributed by atoms with Crippen LogP contribution in [0.5, 0.6) is 5.75 Å². The summed E-state index contributed by atoms with van der Waals surface area (Å²) in [4.78, 5) is 19.5. The third-order valence-electron chi connectivity index (χ3n) is 3.19. The highest BCUT2D eigenvalue weighted by atomic mass is 19.1. The Morgan fingerprint density at radius 3 is 2.81 bits per heavy atom. The highest BCUT2D eigenvalue weighted by Crippen LogP contribution is 2.18. The van der Waals surface area contributed by atoms with Gasteiger partial charge >= 0.3 is 0 Å². The number of aromatic nitrogens is 2. The first-order chi connectivity index (χ1) is 10.0. The van der Waals surface area contributed by atoms with Crippen molar-refractivity contribution < 1.29 is 13.9 Å². The summed E-state index contributed by atoms with van der Waals surface area (Å²) < 4.78 is 18.8. The van der Waals surface area contributed by atoms with Crippen LogP contribution in [0.3, 0.4) is 0 Å². The molecular formula is C15H18FN3O2. The molecule has 1 aromatic heterocycles. The Bertz CT molecular complexity index is 640. The third-order valence-corrected chi connectivity index (χ3v) is 3.19. The molecule has 0 unspecified atom stereocenters. The van der Waals surface area contributed by atoms with Crippen molar-refractivity contribution in [3.63, 3.8) is 0 Å². The minimum absolute atomic E-state index is 0.0162. The van der Waals surface area contributed by atoms with Gasteiger partial charge in [0.2, 0.25) is 0 Å². The van der Waals surface area contributed by atoms with E-state index in [2.05, 4.69) is 15.3 Å². The number of H-pyrrole nitrogens is 1. The molecule has 21 heavy (non-hydrogen) atoms. The number of benzene rings is 1. The van der Waals surface area contributed by atoms with Crippen LogP contribution in [0.1, 0.15) is 41.3 Å². The number of carbonyl (C=O) groups excluding carboxylic acids is 1. The molecule has 1 amide bonds. The summed E-state index contributed by atoms with van der Waals surface area (Å²) in [7, 11) is 1.45. The molecule has 2 aromatic rings. The van der Waals surface area contributed by atoms with Crippen molar-refractivity contribution in [2.75, 3.05) is 7.11 Å². The molecule has 0 bridgehead atoms. The fourth-order valence-corrected chi connectivity index (χ4v) is 2.02. The van der Waals surface area contributed by atoms with E-state index < -0.39 is 11.7 Å². The van der Waals surface area contributed by atoms with Crippen molar-refractivity contribution in [3.05, 3.63) is 47.3 Å². The molecule has 1 heterocycles. The summed E-state index contributed by atoms with van der Waals surface area (Å²) in [5, 5.41) is 2.78. The van der Waals surface area contributed by atoms with Crippen LogP contribution in [0, 0.1) is 12.7 Å². The number of nitrogens with zero attached hydrogens (tertiary/aromatic N) is 1. The topological polar surface area (TPSA) is 67.0 Å². The zero-order valence-electron chi connectivity index (χ0n) is 12.2. The van der Waals surface area contributed by atoms with Gasteiger partial charge in [-0.3, -0.25) is 4.79 Å². The van der Waals surface area contributed by atoms with Crippen molar-refractivity contribution in [3.8, 4) is 5.75 Å². The number of amides is 1. The zero-order valence-corrected chi connectivity index (χ0v) is 12.2. The number of rotatable bonds is 5. The summed E-state index contributed by atoms with van der Waals surface area (Å²) in [5.41, 5.74) is 0.894. The number of ether oxygens (including phenoxy) is 1. The molecule has 0 spiro atoms. The highest BCUT2D eigenvalue weighted by Gasteiger charge is 2.19. The maximum absolute atomic E-state index is 13.9. The van der Waals surface area contributed by atoms with Gasteiger partial charge in [0, 0.05) is 18.0 Å².